The number of rotatable bonds is 4. The minimum absolute atomic E-state index is 0.273. The number of fused-ring (bicyclic) bond motifs is 3. The van der Waals surface area contributed by atoms with Crippen molar-refractivity contribution in [3.63, 3.8) is 0 Å². The van der Waals surface area contributed by atoms with E-state index >= 15 is 0 Å². The van der Waals surface area contributed by atoms with Crippen LogP contribution >= 0.6 is 11.6 Å². The molecule has 0 bridgehead atoms. The lowest BCUT2D eigenvalue weighted by atomic mass is 9.94. The highest BCUT2D eigenvalue weighted by molar-refractivity contribution is 6.31. The van der Waals surface area contributed by atoms with Gasteiger partial charge in [0.25, 0.3) is 0 Å². The maximum atomic E-state index is 14.5. The zero-order valence-electron chi connectivity index (χ0n) is 15.4. The summed E-state index contributed by atoms with van der Waals surface area (Å²) in [6.07, 6.45) is 4.30. The van der Waals surface area contributed by atoms with Gasteiger partial charge >= 0.3 is 0 Å². The average Bonchev–Trinajstić information content (AvgIpc) is 2.99. The van der Waals surface area contributed by atoms with E-state index in [1.165, 1.54) is 6.07 Å². The van der Waals surface area contributed by atoms with Gasteiger partial charge in [0.05, 0.1) is 12.3 Å². The van der Waals surface area contributed by atoms with Gasteiger partial charge in [-0.05, 0) is 49.5 Å². The van der Waals surface area contributed by atoms with Gasteiger partial charge in [-0.25, -0.2) is 4.39 Å². The van der Waals surface area contributed by atoms with Gasteiger partial charge in [-0.1, -0.05) is 29.8 Å². The van der Waals surface area contributed by atoms with Crippen LogP contribution in [0.25, 0.3) is 11.1 Å². The van der Waals surface area contributed by atoms with Crippen molar-refractivity contribution in [2.45, 2.75) is 13.1 Å². The van der Waals surface area contributed by atoms with E-state index in [4.69, 9.17) is 16.6 Å². The van der Waals surface area contributed by atoms with E-state index in [0.29, 0.717) is 22.8 Å². The molecule has 0 amide bonds. The molecule has 27 heavy (non-hydrogen) atoms. The second kappa shape index (κ2) is 7.29. The maximum Gasteiger partial charge on any atom is 0.132 e. The second-order valence-corrected chi connectivity index (χ2v) is 7.51. The topological polar surface area (TPSA) is 20.5 Å². The molecule has 1 aliphatic rings. The minimum Gasteiger partial charge on any atom is -0.352 e. The molecule has 3 aromatic rings. The lowest BCUT2D eigenvalue weighted by molar-refractivity contribution is 0.384. The highest BCUT2D eigenvalue weighted by Gasteiger charge is 2.22. The molecule has 0 fully saturated rings. The fraction of sp³-hybridized carbons (Fsp3) is 0.227. The fourth-order valence-electron chi connectivity index (χ4n) is 3.45. The van der Waals surface area contributed by atoms with Crippen LogP contribution in [-0.4, -0.2) is 35.8 Å². The zero-order chi connectivity index (χ0) is 19.0. The Morgan fingerprint density at radius 2 is 1.85 bits per heavy atom. The van der Waals surface area contributed by atoms with Crippen LogP contribution in [0.15, 0.2) is 59.9 Å². The first kappa shape index (κ1) is 18.0. The molecule has 2 aromatic carbocycles. The Labute approximate surface area is 163 Å². The van der Waals surface area contributed by atoms with Crippen LogP contribution in [0.2, 0.25) is 5.02 Å². The maximum absolute atomic E-state index is 14.5. The van der Waals surface area contributed by atoms with Crippen LogP contribution in [0.4, 0.5) is 4.39 Å². The molecule has 1 aromatic heterocycles. The Morgan fingerprint density at radius 3 is 2.63 bits per heavy atom. The summed E-state index contributed by atoms with van der Waals surface area (Å²) in [7, 11) is 4.13. The Morgan fingerprint density at radius 1 is 1.04 bits per heavy atom. The molecule has 4 rings (SSSR count). The first-order chi connectivity index (χ1) is 13.0. The largest absolute Gasteiger partial charge is 0.352 e. The number of aliphatic imine (C=N–C) groups is 1. The Hall–Kier alpha value is -2.43. The van der Waals surface area contributed by atoms with Crippen LogP contribution in [-0.2, 0) is 13.1 Å². The number of hydrogen-bond donors (Lipinski definition) is 0. The average molecular weight is 382 g/mol. The van der Waals surface area contributed by atoms with Crippen molar-refractivity contribution in [1.82, 2.24) is 9.47 Å². The van der Waals surface area contributed by atoms with Crippen molar-refractivity contribution in [2.75, 3.05) is 20.6 Å². The van der Waals surface area contributed by atoms with Gasteiger partial charge in [0.2, 0.25) is 0 Å². The van der Waals surface area contributed by atoms with Gasteiger partial charge in [0.15, 0.2) is 0 Å². The molecule has 0 saturated heterocycles. The molecule has 2 heterocycles. The molecular formula is C22H21ClFN3. The Bertz CT molecular complexity index is 1020. The monoisotopic (exact) mass is 381 g/mol. The smallest absolute Gasteiger partial charge is 0.132 e. The highest BCUT2D eigenvalue weighted by atomic mass is 35.5. The molecule has 0 N–H and O–H groups in total. The van der Waals surface area contributed by atoms with E-state index in [1.54, 1.807) is 12.1 Å². The summed E-state index contributed by atoms with van der Waals surface area (Å²) in [5, 5.41) is 0.619. The SMILES string of the molecule is CN(C)CCn1cc2c(c1)-c1ccc(Cl)cc1C(c1ccccc1F)=NC2. The zero-order valence-corrected chi connectivity index (χ0v) is 16.2. The van der Waals surface area contributed by atoms with Crippen LogP contribution < -0.4 is 0 Å². The van der Waals surface area contributed by atoms with E-state index in [9.17, 15) is 4.39 Å². The van der Waals surface area contributed by atoms with Gasteiger partial charge in [-0.15, -0.1) is 0 Å². The van der Waals surface area contributed by atoms with Crippen molar-refractivity contribution in [2.24, 2.45) is 4.99 Å². The summed E-state index contributed by atoms with van der Waals surface area (Å²) in [5.41, 5.74) is 5.35. The van der Waals surface area contributed by atoms with E-state index in [0.717, 1.165) is 35.3 Å². The fourth-order valence-corrected chi connectivity index (χ4v) is 3.62. The van der Waals surface area contributed by atoms with Crippen molar-refractivity contribution >= 4 is 17.3 Å². The van der Waals surface area contributed by atoms with Gasteiger partial charge in [-0.3, -0.25) is 4.99 Å². The van der Waals surface area contributed by atoms with E-state index < -0.39 is 0 Å². The summed E-state index contributed by atoms with van der Waals surface area (Å²) >= 11 is 6.28. The number of likely N-dealkylation sites (N-methyl/N-ethyl adjacent to an activating group) is 1. The quantitative estimate of drug-likeness (QED) is 0.632. The third-order valence-electron chi connectivity index (χ3n) is 4.83. The van der Waals surface area contributed by atoms with Crippen LogP contribution in [0.1, 0.15) is 16.7 Å². The highest BCUT2D eigenvalue weighted by Crippen LogP contribution is 2.35. The molecule has 1 aliphatic heterocycles. The van der Waals surface area contributed by atoms with Crippen LogP contribution in [0, 0.1) is 5.82 Å². The molecule has 0 atom stereocenters. The number of benzene rings is 2. The van der Waals surface area contributed by atoms with Gasteiger partial charge in [0, 0.05) is 47.2 Å². The molecular weight excluding hydrogens is 361 g/mol. The number of nitrogens with zero attached hydrogens (tertiary/aromatic N) is 3. The molecule has 0 radical (unpaired) electrons. The predicted octanol–water partition coefficient (Wildman–Crippen LogP) is 4.86. The molecule has 0 unspecified atom stereocenters. The standard InChI is InChI=1S/C22H21ClFN3/c1-26(2)9-10-27-13-15-12-25-22(18-5-3-4-6-21(18)24)19-11-16(23)7-8-17(19)20(15)14-27/h3-8,11,13-14H,9-10,12H2,1-2H3. The van der Waals surface area contributed by atoms with Gasteiger partial charge in [-0.2, -0.15) is 0 Å². The Balaban J connectivity index is 1.84. The second-order valence-electron chi connectivity index (χ2n) is 7.07. The van der Waals surface area contributed by atoms with Crippen molar-refractivity contribution in [3.8, 4) is 11.1 Å². The van der Waals surface area contributed by atoms with Gasteiger partial charge < -0.3 is 9.47 Å². The molecule has 0 spiro atoms. The van der Waals surface area contributed by atoms with E-state index in [-0.39, 0.29) is 5.82 Å². The van der Waals surface area contributed by atoms with E-state index in [1.807, 2.05) is 24.3 Å². The summed E-state index contributed by atoms with van der Waals surface area (Å²) in [6, 6.07) is 12.5. The number of aromatic nitrogens is 1. The number of halogens is 2. The molecule has 138 valence electrons. The molecule has 0 aliphatic carbocycles. The first-order valence-corrected chi connectivity index (χ1v) is 9.34. The third kappa shape index (κ3) is 3.55. The normalized spacial score (nSPS) is 13.1. The Kier molecular flexibility index (Phi) is 4.85. The molecule has 0 saturated carbocycles. The van der Waals surface area contributed by atoms with Crippen molar-refractivity contribution in [3.05, 3.63) is 82.4 Å². The summed E-state index contributed by atoms with van der Waals surface area (Å²) < 4.78 is 16.7. The van der Waals surface area contributed by atoms with Crippen LogP contribution in [0.5, 0.6) is 0 Å². The van der Waals surface area contributed by atoms with E-state index in [2.05, 4.69) is 36.0 Å². The summed E-state index contributed by atoms with van der Waals surface area (Å²) in [4.78, 5) is 6.94. The first-order valence-electron chi connectivity index (χ1n) is 8.96. The van der Waals surface area contributed by atoms with Crippen LogP contribution in [0.3, 0.4) is 0 Å². The lowest BCUT2D eigenvalue weighted by Gasteiger charge is -2.12. The summed E-state index contributed by atoms with van der Waals surface area (Å²) in [6.45, 7) is 2.39. The summed E-state index contributed by atoms with van der Waals surface area (Å²) in [5.74, 6) is -0.273. The number of hydrogen-bond acceptors (Lipinski definition) is 2. The van der Waals surface area contributed by atoms with Crippen molar-refractivity contribution < 1.29 is 4.39 Å². The lowest BCUT2D eigenvalue weighted by Crippen LogP contribution is -2.17. The molecule has 3 nitrogen and oxygen atoms in total. The van der Waals surface area contributed by atoms with Gasteiger partial charge in [0.1, 0.15) is 5.82 Å². The van der Waals surface area contributed by atoms with Crippen molar-refractivity contribution in [1.29, 1.82) is 0 Å². The minimum atomic E-state index is -0.273. The predicted molar refractivity (Wildman–Crippen MR) is 109 cm³/mol. The molecule has 5 heteroatoms. The third-order valence-corrected chi connectivity index (χ3v) is 5.07.